The summed E-state index contributed by atoms with van der Waals surface area (Å²) < 4.78 is 47.3. The van der Waals surface area contributed by atoms with Crippen molar-refractivity contribution in [1.82, 2.24) is 4.98 Å². The third-order valence-electron chi connectivity index (χ3n) is 5.98. The fourth-order valence-corrected chi connectivity index (χ4v) is 5.45. The Bertz CT molecular complexity index is 1440. The first-order valence-electron chi connectivity index (χ1n) is 11.3. The van der Waals surface area contributed by atoms with Gasteiger partial charge in [-0.1, -0.05) is 36.0 Å². The molecule has 0 amide bonds. The zero-order valence-corrected chi connectivity index (χ0v) is 20.7. The molecular formula is C27H24F3NO4S. The average molecular weight is 516 g/mol. The molecule has 0 spiro atoms. The monoisotopic (exact) mass is 515 g/mol. The van der Waals surface area contributed by atoms with E-state index in [1.807, 2.05) is 13.0 Å². The Labute approximate surface area is 210 Å². The number of benzene rings is 2. The van der Waals surface area contributed by atoms with Crippen LogP contribution in [0.25, 0.3) is 15.8 Å². The molecule has 0 fully saturated rings. The van der Waals surface area contributed by atoms with E-state index in [0.29, 0.717) is 34.3 Å². The number of aromatic nitrogens is 1. The van der Waals surface area contributed by atoms with Crippen LogP contribution < -0.4 is 14.9 Å². The number of methoxy groups -OCH3 is 1. The van der Waals surface area contributed by atoms with Gasteiger partial charge >= 0.3 is 6.36 Å². The standard InChI is InChI=1S/C27H24F3NO4S/c1-4-23(15-7-6-8-18(11-15)35-27(28,29)30)36-24(5-2)16-12-21-25(22(32)13-16)26(33)19-10-9-17(34-3)14-20(19)31-21/h4-11,14,16H,12-13H2,1-3H3,(H,31,33)/b23-4-,24-5-. The number of rotatable bonds is 6. The Hall–Kier alpha value is -3.46. The molecular weight excluding hydrogens is 491 g/mol. The molecule has 3 aromatic rings. The number of Topliss-reactive ketones (excluding diaryl/α,β-unsaturated/α-hetero) is 1. The highest BCUT2D eigenvalue weighted by Crippen LogP contribution is 2.42. The van der Waals surface area contributed by atoms with E-state index >= 15 is 0 Å². The van der Waals surface area contributed by atoms with Gasteiger partial charge in [0.05, 0.1) is 18.2 Å². The van der Waals surface area contributed by atoms with Gasteiger partial charge in [0.15, 0.2) is 11.2 Å². The summed E-state index contributed by atoms with van der Waals surface area (Å²) in [5, 5.41) is 0.430. The molecule has 2 aromatic carbocycles. The third kappa shape index (κ3) is 5.36. The minimum Gasteiger partial charge on any atom is -0.497 e. The van der Waals surface area contributed by atoms with Crippen LogP contribution in [0.3, 0.4) is 0 Å². The summed E-state index contributed by atoms with van der Waals surface area (Å²) in [6.07, 6.45) is -0.462. The Morgan fingerprint density at radius 1 is 1.06 bits per heavy atom. The van der Waals surface area contributed by atoms with E-state index in [9.17, 15) is 22.8 Å². The lowest BCUT2D eigenvalue weighted by Gasteiger charge is -2.26. The maximum atomic E-state index is 13.1. The largest absolute Gasteiger partial charge is 0.573 e. The predicted molar refractivity (Wildman–Crippen MR) is 135 cm³/mol. The number of thioether (sulfide) groups is 1. The summed E-state index contributed by atoms with van der Waals surface area (Å²) in [4.78, 5) is 31.0. The number of carbonyl (C=O) groups excluding carboxylic acids is 1. The molecule has 4 rings (SSSR count). The molecule has 188 valence electrons. The lowest BCUT2D eigenvalue weighted by Crippen LogP contribution is -2.29. The SMILES string of the molecule is C/C=C(\S/C(=C\C)C1CC(=O)c2c([nH]c3cc(OC)ccc3c2=O)C1)c1cccc(OC(F)(F)F)c1. The summed E-state index contributed by atoms with van der Waals surface area (Å²) >= 11 is 1.39. The first kappa shape index (κ1) is 25.6. The third-order valence-corrected chi connectivity index (χ3v) is 7.47. The van der Waals surface area contributed by atoms with E-state index in [1.54, 1.807) is 37.3 Å². The number of alkyl halides is 3. The molecule has 0 saturated carbocycles. The summed E-state index contributed by atoms with van der Waals surface area (Å²) in [5.74, 6) is -0.134. The van der Waals surface area contributed by atoms with Gasteiger partial charge in [0.2, 0.25) is 0 Å². The highest BCUT2D eigenvalue weighted by molar-refractivity contribution is 8.11. The maximum Gasteiger partial charge on any atom is 0.573 e. The molecule has 9 heteroatoms. The van der Waals surface area contributed by atoms with Crippen molar-refractivity contribution in [2.75, 3.05) is 7.11 Å². The van der Waals surface area contributed by atoms with Crippen molar-refractivity contribution in [3.63, 3.8) is 0 Å². The van der Waals surface area contributed by atoms with Crippen molar-refractivity contribution in [2.24, 2.45) is 5.92 Å². The van der Waals surface area contributed by atoms with E-state index in [4.69, 9.17) is 4.74 Å². The van der Waals surface area contributed by atoms with Crippen molar-refractivity contribution in [1.29, 1.82) is 0 Å². The Kier molecular flexibility index (Phi) is 7.31. The Balaban J connectivity index is 1.63. The summed E-state index contributed by atoms with van der Waals surface area (Å²) in [6.45, 7) is 3.65. The lowest BCUT2D eigenvalue weighted by atomic mass is 9.84. The molecule has 1 aliphatic carbocycles. The van der Waals surface area contributed by atoms with Gasteiger partial charge in [0.25, 0.3) is 0 Å². The zero-order chi connectivity index (χ0) is 26.0. The normalized spacial score (nSPS) is 16.7. The smallest absolute Gasteiger partial charge is 0.497 e. The fourth-order valence-electron chi connectivity index (χ4n) is 4.38. The molecule has 1 unspecified atom stereocenters. The van der Waals surface area contributed by atoms with Crippen LogP contribution >= 0.6 is 11.8 Å². The molecule has 0 aliphatic heterocycles. The molecule has 36 heavy (non-hydrogen) atoms. The Morgan fingerprint density at radius 3 is 2.50 bits per heavy atom. The fraction of sp³-hybridized carbons (Fsp3) is 0.259. The van der Waals surface area contributed by atoms with Gasteiger partial charge in [-0.05, 0) is 55.0 Å². The zero-order valence-electron chi connectivity index (χ0n) is 19.9. The van der Waals surface area contributed by atoms with E-state index in [0.717, 1.165) is 9.81 Å². The van der Waals surface area contributed by atoms with Crippen LogP contribution in [-0.4, -0.2) is 24.2 Å². The summed E-state index contributed by atoms with van der Waals surface area (Å²) in [6, 6.07) is 10.8. The van der Waals surface area contributed by atoms with Crippen LogP contribution in [0.1, 0.15) is 41.9 Å². The van der Waals surface area contributed by atoms with Crippen LogP contribution in [0.2, 0.25) is 0 Å². The highest BCUT2D eigenvalue weighted by atomic mass is 32.2. The van der Waals surface area contributed by atoms with Crippen LogP contribution in [0, 0.1) is 5.92 Å². The Morgan fingerprint density at radius 2 is 1.83 bits per heavy atom. The van der Waals surface area contributed by atoms with Crippen LogP contribution in [-0.2, 0) is 6.42 Å². The maximum absolute atomic E-state index is 13.1. The number of nitrogens with one attached hydrogen (secondary N) is 1. The molecule has 0 radical (unpaired) electrons. The second-order valence-corrected chi connectivity index (χ2v) is 9.38. The average Bonchev–Trinajstić information content (AvgIpc) is 2.83. The number of pyridine rings is 1. The van der Waals surface area contributed by atoms with Crippen molar-refractivity contribution in [2.45, 2.75) is 33.1 Å². The van der Waals surface area contributed by atoms with Crippen molar-refractivity contribution < 1.29 is 27.4 Å². The summed E-state index contributed by atoms with van der Waals surface area (Å²) in [7, 11) is 1.54. The first-order chi connectivity index (χ1) is 17.1. The van der Waals surface area contributed by atoms with Gasteiger partial charge in [-0.2, -0.15) is 0 Å². The number of allylic oxidation sites excluding steroid dienone is 3. The van der Waals surface area contributed by atoms with E-state index < -0.39 is 6.36 Å². The van der Waals surface area contributed by atoms with Gasteiger partial charge in [0.1, 0.15) is 11.5 Å². The second-order valence-electron chi connectivity index (χ2n) is 8.27. The van der Waals surface area contributed by atoms with Crippen LogP contribution in [0.5, 0.6) is 11.5 Å². The molecule has 1 N–H and O–H groups in total. The minimum atomic E-state index is -4.78. The number of halogens is 3. The van der Waals surface area contributed by atoms with E-state index in [-0.39, 0.29) is 34.9 Å². The number of fused-ring (bicyclic) bond motifs is 2. The quantitative estimate of drug-likeness (QED) is 0.388. The minimum absolute atomic E-state index is 0.165. The van der Waals surface area contributed by atoms with Crippen molar-refractivity contribution in [3.8, 4) is 11.5 Å². The number of aromatic amines is 1. The first-order valence-corrected chi connectivity index (χ1v) is 12.1. The van der Waals surface area contributed by atoms with Crippen molar-refractivity contribution >= 4 is 33.4 Å². The van der Waals surface area contributed by atoms with Gasteiger partial charge in [-0.15, -0.1) is 13.2 Å². The van der Waals surface area contributed by atoms with Crippen LogP contribution in [0.4, 0.5) is 13.2 Å². The van der Waals surface area contributed by atoms with Gasteiger partial charge in [-0.25, -0.2) is 0 Å². The number of H-pyrrole nitrogens is 1. The molecule has 1 atom stereocenters. The number of hydrogen-bond donors (Lipinski definition) is 1. The number of ketones is 1. The summed E-state index contributed by atoms with van der Waals surface area (Å²) in [5.41, 5.74) is 1.63. The molecule has 1 aliphatic rings. The van der Waals surface area contributed by atoms with Gasteiger partial charge < -0.3 is 14.5 Å². The van der Waals surface area contributed by atoms with E-state index in [2.05, 4.69) is 9.72 Å². The molecule has 1 aromatic heterocycles. The predicted octanol–water partition coefficient (Wildman–Crippen LogP) is 6.88. The topological polar surface area (TPSA) is 68.4 Å². The second kappa shape index (κ2) is 10.3. The van der Waals surface area contributed by atoms with Crippen molar-refractivity contribution in [3.05, 3.63) is 86.6 Å². The molecule has 0 saturated heterocycles. The van der Waals surface area contributed by atoms with E-state index in [1.165, 1.54) is 37.1 Å². The van der Waals surface area contributed by atoms with Crippen LogP contribution in [0.15, 0.2) is 64.3 Å². The highest BCUT2D eigenvalue weighted by Gasteiger charge is 2.32. The lowest BCUT2D eigenvalue weighted by molar-refractivity contribution is -0.274. The van der Waals surface area contributed by atoms with Gasteiger partial charge in [-0.3, -0.25) is 9.59 Å². The molecule has 1 heterocycles. The molecule has 5 nitrogen and oxygen atoms in total. The number of hydrogen-bond acceptors (Lipinski definition) is 5. The number of carbonyl (C=O) groups is 1. The molecule has 0 bridgehead atoms. The number of ether oxygens (including phenoxy) is 2. The van der Waals surface area contributed by atoms with Gasteiger partial charge in [0, 0.05) is 34.4 Å².